The maximum absolute atomic E-state index is 11.8. The van der Waals surface area contributed by atoms with Crippen LogP contribution < -0.4 is 10.2 Å². The zero-order chi connectivity index (χ0) is 18.3. The fraction of sp³-hybridized carbons (Fsp3) is 0.235. The third-order valence-corrected chi connectivity index (χ3v) is 5.37. The Morgan fingerprint density at radius 2 is 2.08 bits per heavy atom. The summed E-state index contributed by atoms with van der Waals surface area (Å²) >= 11 is 1.44. The number of nitrogens with zero attached hydrogens (tertiary/aromatic N) is 5. The Bertz CT molecular complexity index is 983. The highest BCUT2D eigenvalue weighted by molar-refractivity contribution is 7.15. The largest absolute Gasteiger partial charge is 0.354 e. The van der Waals surface area contributed by atoms with Crippen molar-refractivity contribution < 1.29 is 4.92 Å². The first-order valence-electron chi connectivity index (χ1n) is 8.10. The van der Waals surface area contributed by atoms with Crippen LogP contribution in [-0.2, 0) is 6.42 Å². The Morgan fingerprint density at radius 3 is 2.81 bits per heavy atom. The summed E-state index contributed by atoms with van der Waals surface area (Å²) in [5.74, 6) is 0.445. The van der Waals surface area contributed by atoms with Gasteiger partial charge in [0.1, 0.15) is 6.33 Å². The lowest BCUT2D eigenvalue weighted by Crippen LogP contribution is -2.17. The van der Waals surface area contributed by atoms with Crippen molar-refractivity contribution in [2.45, 2.75) is 20.3 Å². The minimum atomic E-state index is -0.439. The van der Waals surface area contributed by atoms with Gasteiger partial charge in [0.05, 0.1) is 10.6 Å². The van der Waals surface area contributed by atoms with Gasteiger partial charge in [-0.25, -0.2) is 15.0 Å². The fourth-order valence-corrected chi connectivity index (χ4v) is 3.83. The molecule has 1 aromatic carbocycles. The minimum Gasteiger partial charge on any atom is -0.320 e. The Morgan fingerprint density at radius 1 is 1.27 bits per heavy atom. The Labute approximate surface area is 153 Å². The molecule has 1 aliphatic heterocycles. The van der Waals surface area contributed by atoms with Gasteiger partial charge in [-0.15, -0.1) is 11.3 Å². The summed E-state index contributed by atoms with van der Waals surface area (Å²) in [6, 6.07) is 7.87. The van der Waals surface area contributed by atoms with Crippen LogP contribution in [0.4, 0.5) is 28.1 Å². The lowest BCUT2D eigenvalue weighted by atomic mass is 10.2. The molecule has 0 radical (unpaired) electrons. The first-order chi connectivity index (χ1) is 12.5. The van der Waals surface area contributed by atoms with Crippen molar-refractivity contribution in [2.24, 2.45) is 0 Å². The molecule has 1 aliphatic rings. The highest BCUT2D eigenvalue weighted by Gasteiger charge is 2.31. The molecule has 0 bridgehead atoms. The van der Waals surface area contributed by atoms with Crippen LogP contribution in [0, 0.1) is 24.0 Å². The summed E-state index contributed by atoms with van der Waals surface area (Å²) in [6.07, 6.45) is 2.17. The summed E-state index contributed by atoms with van der Waals surface area (Å²) in [5.41, 5.74) is 2.85. The van der Waals surface area contributed by atoms with E-state index in [1.54, 1.807) is 0 Å². The lowest BCUT2D eigenvalue weighted by Gasteiger charge is -2.18. The Kier molecular flexibility index (Phi) is 4.00. The highest BCUT2D eigenvalue weighted by Crippen LogP contribution is 2.41. The molecule has 4 rings (SSSR count). The number of hydrogen-bond donors (Lipinski definition) is 1. The number of nitrogens with one attached hydrogen (secondary N) is 1. The van der Waals surface area contributed by atoms with E-state index < -0.39 is 4.92 Å². The second kappa shape index (κ2) is 6.34. The third-order valence-electron chi connectivity index (χ3n) is 4.38. The zero-order valence-electron chi connectivity index (χ0n) is 14.3. The molecule has 9 heteroatoms. The van der Waals surface area contributed by atoms with Gasteiger partial charge < -0.3 is 10.2 Å². The molecule has 0 atom stereocenters. The lowest BCUT2D eigenvalue weighted by molar-refractivity contribution is -0.383. The quantitative estimate of drug-likeness (QED) is 0.551. The average Bonchev–Trinajstić information content (AvgIpc) is 3.18. The normalized spacial score (nSPS) is 12.9. The Hall–Kier alpha value is -3.07. The maximum Gasteiger partial charge on any atom is 0.354 e. The average molecular weight is 368 g/mol. The van der Waals surface area contributed by atoms with Crippen LogP contribution >= 0.6 is 11.3 Å². The topological polar surface area (TPSA) is 97.1 Å². The van der Waals surface area contributed by atoms with Crippen LogP contribution in [0.5, 0.6) is 0 Å². The molecule has 132 valence electrons. The van der Waals surface area contributed by atoms with E-state index in [4.69, 9.17) is 0 Å². The molecule has 1 N–H and O–H groups in total. The summed E-state index contributed by atoms with van der Waals surface area (Å²) in [4.78, 5) is 27.0. The zero-order valence-corrected chi connectivity index (χ0v) is 15.1. The molecule has 0 aliphatic carbocycles. The number of rotatable bonds is 4. The van der Waals surface area contributed by atoms with Crippen LogP contribution in [-0.4, -0.2) is 26.4 Å². The van der Waals surface area contributed by atoms with Crippen LogP contribution in [0.3, 0.4) is 0 Å². The first-order valence-corrected chi connectivity index (χ1v) is 8.92. The molecule has 0 spiro atoms. The van der Waals surface area contributed by atoms with Crippen LogP contribution in [0.2, 0.25) is 0 Å². The predicted octanol–water partition coefficient (Wildman–Crippen LogP) is 3.90. The SMILES string of the molecule is Cc1nc(Nc2ncnc(N3CCc4ccccc43)c2[N+](=O)[O-])sc1C. The monoisotopic (exact) mass is 368 g/mol. The standard InChI is InChI=1S/C17H16N6O2S/c1-10-11(2)26-17(20-10)21-15-14(23(24)25)16(19-9-18-15)22-8-7-12-5-3-4-6-13(12)22/h3-6,9H,7-8H2,1-2H3,(H,18,19,20,21). The molecular formula is C17H16N6O2S. The minimum absolute atomic E-state index is 0.144. The molecule has 0 amide bonds. The summed E-state index contributed by atoms with van der Waals surface area (Å²) < 4.78 is 0. The van der Waals surface area contributed by atoms with E-state index in [1.807, 2.05) is 43.0 Å². The number of fused-ring (bicyclic) bond motifs is 1. The number of aryl methyl sites for hydroxylation is 2. The first kappa shape index (κ1) is 16.4. The van der Waals surface area contributed by atoms with E-state index in [1.165, 1.54) is 17.7 Å². The van der Waals surface area contributed by atoms with E-state index in [2.05, 4.69) is 20.3 Å². The molecule has 8 nitrogen and oxygen atoms in total. The van der Waals surface area contributed by atoms with Crippen molar-refractivity contribution in [1.29, 1.82) is 0 Å². The number of benzene rings is 1. The molecule has 0 saturated heterocycles. The summed E-state index contributed by atoms with van der Waals surface area (Å²) in [5, 5.41) is 15.4. The number of para-hydroxylation sites is 1. The van der Waals surface area contributed by atoms with Gasteiger partial charge in [-0.3, -0.25) is 10.1 Å². The molecule has 3 heterocycles. The Balaban J connectivity index is 1.78. The van der Waals surface area contributed by atoms with Gasteiger partial charge in [0, 0.05) is 17.1 Å². The van der Waals surface area contributed by atoms with Crippen molar-refractivity contribution in [1.82, 2.24) is 15.0 Å². The molecule has 2 aromatic heterocycles. The van der Waals surface area contributed by atoms with E-state index in [9.17, 15) is 10.1 Å². The van der Waals surface area contributed by atoms with Crippen LogP contribution in [0.15, 0.2) is 30.6 Å². The fourth-order valence-electron chi connectivity index (χ4n) is 3.01. The van der Waals surface area contributed by atoms with Crippen molar-refractivity contribution >= 4 is 39.5 Å². The van der Waals surface area contributed by atoms with E-state index >= 15 is 0 Å². The maximum atomic E-state index is 11.8. The molecular weight excluding hydrogens is 352 g/mol. The van der Waals surface area contributed by atoms with Gasteiger partial charge in [0.2, 0.25) is 11.6 Å². The van der Waals surface area contributed by atoms with Crippen molar-refractivity contribution in [2.75, 3.05) is 16.8 Å². The number of hydrogen-bond acceptors (Lipinski definition) is 8. The number of thiazole rings is 1. The van der Waals surface area contributed by atoms with Gasteiger partial charge in [0.25, 0.3) is 0 Å². The number of aromatic nitrogens is 3. The van der Waals surface area contributed by atoms with E-state index in [0.29, 0.717) is 17.5 Å². The molecule has 0 saturated carbocycles. The molecule has 3 aromatic rings. The van der Waals surface area contributed by atoms with E-state index in [-0.39, 0.29) is 11.5 Å². The van der Waals surface area contributed by atoms with Gasteiger partial charge in [0.15, 0.2) is 5.13 Å². The number of nitro groups is 1. The number of anilines is 4. The smallest absolute Gasteiger partial charge is 0.320 e. The highest BCUT2D eigenvalue weighted by atomic mass is 32.1. The molecule has 26 heavy (non-hydrogen) atoms. The van der Waals surface area contributed by atoms with Gasteiger partial charge in [-0.1, -0.05) is 18.2 Å². The molecule has 0 unspecified atom stereocenters. The van der Waals surface area contributed by atoms with Crippen molar-refractivity contribution in [3.63, 3.8) is 0 Å². The van der Waals surface area contributed by atoms with Crippen LogP contribution in [0.25, 0.3) is 0 Å². The van der Waals surface area contributed by atoms with Crippen molar-refractivity contribution in [3.8, 4) is 0 Å². The second-order valence-corrected chi connectivity index (χ2v) is 7.17. The summed E-state index contributed by atoms with van der Waals surface area (Å²) in [7, 11) is 0. The van der Waals surface area contributed by atoms with Crippen LogP contribution in [0.1, 0.15) is 16.1 Å². The second-order valence-electron chi connectivity index (χ2n) is 5.97. The van der Waals surface area contributed by atoms with Gasteiger partial charge >= 0.3 is 5.69 Å². The van der Waals surface area contributed by atoms with Gasteiger partial charge in [-0.2, -0.15) is 0 Å². The van der Waals surface area contributed by atoms with E-state index in [0.717, 1.165) is 28.2 Å². The third kappa shape index (κ3) is 2.76. The molecule has 0 fully saturated rings. The summed E-state index contributed by atoms with van der Waals surface area (Å²) in [6.45, 7) is 4.50. The predicted molar refractivity (Wildman–Crippen MR) is 101 cm³/mol. The van der Waals surface area contributed by atoms with Gasteiger partial charge in [-0.05, 0) is 31.9 Å². The van der Waals surface area contributed by atoms with Crippen molar-refractivity contribution in [3.05, 3.63) is 56.8 Å².